The number of rotatable bonds is 6. The first-order valence-corrected chi connectivity index (χ1v) is 12.2. The number of aromatic nitrogens is 3. The minimum atomic E-state index is -0.162. The number of amides is 1. The summed E-state index contributed by atoms with van der Waals surface area (Å²) in [5.74, 6) is 0.473. The van der Waals surface area contributed by atoms with Crippen LogP contribution in [-0.2, 0) is 13.1 Å². The molecule has 1 aliphatic carbocycles. The lowest BCUT2D eigenvalue weighted by molar-refractivity contribution is 0.0951. The molecule has 2 N–H and O–H groups in total. The first-order valence-electron chi connectivity index (χ1n) is 11.0. The van der Waals surface area contributed by atoms with Crippen molar-refractivity contribution in [2.45, 2.75) is 63.9 Å². The number of hydrogen-bond donors (Lipinski definition) is 2. The van der Waals surface area contributed by atoms with Crippen molar-refractivity contribution in [1.29, 1.82) is 0 Å². The van der Waals surface area contributed by atoms with E-state index in [1.54, 1.807) is 6.20 Å². The van der Waals surface area contributed by atoms with Crippen LogP contribution in [-0.4, -0.2) is 26.7 Å². The van der Waals surface area contributed by atoms with E-state index in [9.17, 15) is 9.59 Å². The molecule has 3 aromatic rings. The molecule has 0 aromatic carbocycles. The highest BCUT2D eigenvalue weighted by Gasteiger charge is 2.23. The highest BCUT2D eigenvalue weighted by Crippen LogP contribution is 2.30. The van der Waals surface area contributed by atoms with E-state index in [-0.39, 0.29) is 18.0 Å². The van der Waals surface area contributed by atoms with Gasteiger partial charge in [0.05, 0.1) is 5.56 Å². The van der Waals surface area contributed by atoms with Gasteiger partial charge in [0.25, 0.3) is 11.5 Å². The van der Waals surface area contributed by atoms with Crippen LogP contribution in [0.5, 0.6) is 0 Å². The van der Waals surface area contributed by atoms with Crippen LogP contribution in [0.25, 0.3) is 11.0 Å². The van der Waals surface area contributed by atoms with Crippen molar-refractivity contribution in [3.63, 3.8) is 0 Å². The largest absolute Gasteiger partial charge is 0.348 e. The Morgan fingerprint density at radius 2 is 2.06 bits per heavy atom. The molecule has 0 atom stereocenters. The summed E-state index contributed by atoms with van der Waals surface area (Å²) in [5.41, 5.74) is 3.73. The van der Waals surface area contributed by atoms with E-state index >= 15 is 0 Å². The maximum atomic E-state index is 13.3. The summed E-state index contributed by atoms with van der Waals surface area (Å²) in [6.07, 6.45) is 10.1. The van der Waals surface area contributed by atoms with Crippen LogP contribution in [0.15, 0.2) is 34.1 Å². The Morgan fingerprint density at radius 1 is 1.29 bits per heavy atom. The van der Waals surface area contributed by atoms with Crippen LogP contribution in [0.4, 0.5) is 0 Å². The smallest absolute Gasteiger partial charge is 0.254 e. The number of hydrogen-bond acceptors (Lipinski definition) is 4. The fourth-order valence-corrected chi connectivity index (χ4v) is 5.43. The summed E-state index contributed by atoms with van der Waals surface area (Å²) >= 11 is 1.52. The molecule has 0 aliphatic heterocycles. The fraction of sp³-hybridized carbons (Fsp3) is 0.458. The predicted octanol–water partition coefficient (Wildman–Crippen LogP) is 4.57. The van der Waals surface area contributed by atoms with E-state index in [0.29, 0.717) is 17.0 Å². The van der Waals surface area contributed by atoms with Crippen molar-refractivity contribution >= 4 is 28.7 Å². The number of carbonyl (C=O) groups excluding carboxylic acids is 1. The van der Waals surface area contributed by atoms with Gasteiger partial charge in [-0.3, -0.25) is 9.59 Å². The van der Waals surface area contributed by atoms with E-state index in [2.05, 4.69) is 19.9 Å². The minimum Gasteiger partial charge on any atom is -0.348 e. The SMILES string of the molecule is CSc1cc(C)[nH]c(=O)c1CNC(=O)c1c(C)n(CC2CCCCC2)c2ncccc12. The Bertz CT molecular complexity index is 1160. The number of nitrogens with zero attached hydrogens (tertiary/aromatic N) is 2. The molecule has 0 bridgehead atoms. The van der Waals surface area contributed by atoms with Crippen LogP contribution in [0.2, 0.25) is 0 Å². The van der Waals surface area contributed by atoms with Crippen molar-refractivity contribution in [2.75, 3.05) is 6.26 Å². The van der Waals surface area contributed by atoms with E-state index in [0.717, 1.165) is 33.9 Å². The standard InChI is InChI=1S/C24H30N4O2S/c1-15-12-20(31-3)19(23(29)27-15)13-26-24(30)21-16(2)28(14-17-8-5-4-6-9-17)22-18(21)10-7-11-25-22/h7,10-12,17H,4-6,8-9,13-14H2,1-3H3,(H,26,30)(H,27,29). The molecule has 1 saturated carbocycles. The van der Waals surface area contributed by atoms with Crippen LogP contribution in [0, 0.1) is 19.8 Å². The van der Waals surface area contributed by atoms with Gasteiger partial charge in [0.15, 0.2) is 0 Å². The van der Waals surface area contributed by atoms with Gasteiger partial charge in [-0.25, -0.2) is 4.98 Å². The average Bonchev–Trinajstić information content (AvgIpc) is 3.04. The number of carbonyl (C=O) groups is 1. The molecule has 3 aromatic heterocycles. The Labute approximate surface area is 186 Å². The van der Waals surface area contributed by atoms with Crippen molar-refractivity contribution in [3.8, 4) is 0 Å². The van der Waals surface area contributed by atoms with Crippen LogP contribution in [0.3, 0.4) is 0 Å². The molecule has 0 radical (unpaired) electrons. The highest BCUT2D eigenvalue weighted by atomic mass is 32.2. The van der Waals surface area contributed by atoms with Gasteiger partial charge < -0.3 is 14.9 Å². The molecule has 0 saturated heterocycles. The predicted molar refractivity (Wildman–Crippen MR) is 126 cm³/mol. The van der Waals surface area contributed by atoms with E-state index in [1.165, 1.54) is 43.9 Å². The average molecular weight is 439 g/mol. The molecule has 1 fully saturated rings. The summed E-state index contributed by atoms with van der Waals surface area (Å²) in [7, 11) is 0. The molecular weight excluding hydrogens is 408 g/mol. The van der Waals surface area contributed by atoms with Crippen molar-refractivity contribution in [1.82, 2.24) is 19.9 Å². The number of aromatic amines is 1. The van der Waals surface area contributed by atoms with E-state index in [4.69, 9.17) is 0 Å². The molecule has 0 spiro atoms. The fourth-order valence-electron chi connectivity index (χ4n) is 4.73. The zero-order valence-corrected chi connectivity index (χ0v) is 19.3. The summed E-state index contributed by atoms with van der Waals surface area (Å²) in [5, 5.41) is 3.86. The summed E-state index contributed by atoms with van der Waals surface area (Å²) in [6.45, 7) is 4.97. The minimum absolute atomic E-state index is 0.150. The van der Waals surface area contributed by atoms with Gasteiger partial charge in [0, 0.05) is 46.5 Å². The zero-order chi connectivity index (χ0) is 22.0. The van der Waals surface area contributed by atoms with Gasteiger partial charge in [-0.05, 0) is 57.1 Å². The molecule has 164 valence electrons. The van der Waals surface area contributed by atoms with Gasteiger partial charge in [0.1, 0.15) is 5.65 Å². The number of H-pyrrole nitrogens is 1. The Kier molecular flexibility index (Phi) is 6.51. The Morgan fingerprint density at radius 3 is 2.81 bits per heavy atom. The lowest BCUT2D eigenvalue weighted by Crippen LogP contribution is -2.28. The van der Waals surface area contributed by atoms with Gasteiger partial charge in [0.2, 0.25) is 0 Å². The van der Waals surface area contributed by atoms with Gasteiger partial charge in [-0.2, -0.15) is 0 Å². The lowest BCUT2D eigenvalue weighted by atomic mass is 9.89. The monoisotopic (exact) mass is 438 g/mol. The molecule has 0 unspecified atom stereocenters. The number of fused-ring (bicyclic) bond motifs is 1. The summed E-state index contributed by atoms with van der Waals surface area (Å²) in [4.78, 5) is 34.0. The van der Waals surface area contributed by atoms with Crippen LogP contribution < -0.4 is 10.9 Å². The normalized spacial score (nSPS) is 14.8. The topological polar surface area (TPSA) is 79.8 Å². The maximum Gasteiger partial charge on any atom is 0.254 e. The van der Waals surface area contributed by atoms with Gasteiger partial charge in [-0.15, -0.1) is 11.8 Å². The third-order valence-corrected chi connectivity index (χ3v) is 7.15. The second kappa shape index (κ2) is 9.30. The quantitative estimate of drug-likeness (QED) is 0.553. The second-order valence-electron chi connectivity index (χ2n) is 8.46. The van der Waals surface area contributed by atoms with E-state index < -0.39 is 0 Å². The van der Waals surface area contributed by atoms with E-state index in [1.807, 2.05) is 38.3 Å². The summed E-state index contributed by atoms with van der Waals surface area (Å²) < 4.78 is 2.21. The van der Waals surface area contributed by atoms with Crippen LogP contribution >= 0.6 is 11.8 Å². The first kappa shape index (κ1) is 21.7. The lowest BCUT2D eigenvalue weighted by Gasteiger charge is -2.23. The number of pyridine rings is 2. The highest BCUT2D eigenvalue weighted by molar-refractivity contribution is 7.98. The molecule has 7 heteroatoms. The second-order valence-corrected chi connectivity index (χ2v) is 9.31. The number of thioether (sulfide) groups is 1. The van der Waals surface area contributed by atoms with Crippen molar-refractivity contribution < 1.29 is 4.79 Å². The van der Waals surface area contributed by atoms with Gasteiger partial charge in [-0.1, -0.05) is 19.3 Å². The Hall–Kier alpha value is -2.54. The molecular formula is C24H30N4O2S. The van der Waals surface area contributed by atoms with Crippen molar-refractivity contribution in [2.24, 2.45) is 5.92 Å². The number of nitrogens with one attached hydrogen (secondary N) is 2. The number of aryl methyl sites for hydroxylation is 1. The first-order chi connectivity index (χ1) is 15.0. The van der Waals surface area contributed by atoms with Crippen LogP contribution in [0.1, 0.15) is 59.4 Å². The molecule has 4 rings (SSSR count). The molecule has 3 heterocycles. The molecule has 1 amide bonds. The van der Waals surface area contributed by atoms with Crippen molar-refractivity contribution in [3.05, 3.63) is 57.3 Å². The summed E-state index contributed by atoms with van der Waals surface area (Å²) in [6, 6.07) is 5.78. The molecule has 31 heavy (non-hydrogen) atoms. The van der Waals surface area contributed by atoms with Gasteiger partial charge >= 0.3 is 0 Å². The maximum absolute atomic E-state index is 13.3. The molecule has 6 nitrogen and oxygen atoms in total. The third-order valence-electron chi connectivity index (χ3n) is 6.35. The third kappa shape index (κ3) is 4.42. The zero-order valence-electron chi connectivity index (χ0n) is 18.5. The molecule has 1 aliphatic rings. The Balaban J connectivity index is 1.63.